The second kappa shape index (κ2) is 4.46. The third-order valence-electron chi connectivity index (χ3n) is 3.84. The maximum Gasteiger partial charge on any atom is 0.175 e. The number of benzene rings is 1. The summed E-state index contributed by atoms with van der Waals surface area (Å²) in [6.45, 7) is 2.16. The summed E-state index contributed by atoms with van der Waals surface area (Å²) in [4.78, 5) is 0.268. The lowest BCUT2D eigenvalue weighted by Gasteiger charge is -2.43. The van der Waals surface area contributed by atoms with Crippen LogP contribution in [-0.4, -0.2) is 20.2 Å². The minimum absolute atomic E-state index is 0.153. The number of nitrogens with two attached hydrogens (primary N) is 1. The fraction of sp³-hybridized carbons (Fsp3) is 0.538. The molecular formula is C13H20N2O2S. The molecule has 100 valence electrons. The summed E-state index contributed by atoms with van der Waals surface area (Å²) in [6, 6.07) is 4.90. The Morgan fingerprint density at radius 1 is 1.39 bits per heavy atom. The van der Waals surface area contributed by atoms with Gasteiger partial charge < -0.3 is 11.1 Å². The summed E-state index contributed by atoms with van der Waals surface area (Å²) in [5.41, 5.74) is 7.42. The predicted octanol–water partition coefficient (Wildman–Crippen LogP) is 2.42. The van der Waals surface area contributed by atoms with Crippen LogP contribution in [0.4, 0.5) is 11.4 Å². The Kier molecular flexibility index (Phi) is 3.27. The Hall–Kier alpha value is -1.23. The molecule has 0 amide bonds. The molecule has 18 heavy (non-hydrogen) atoms. The highest BCUT2D eigenvalue weighted by Gasteiger charge is 2.35. The van der Waals surface area contributed by atoms with Gasteiger partial charge in [0.15, 0.2) is 9.84 Å². The molecule has 0 saturated heterocycles. The Bertz CT molecular complexity index is 543. The van der Waals surface area contributed by atoms with E-state index < -0.39 is 9.84 Å². The number of anilines is 2. The Balaban J connectivity index is 2.25. The van der Waals surface area contributed by atoms with E-state index in [1.54, 1.807) is 12.1 Å². The van der Waals surface area contributed by atoms with Gasteiger partial charge in [0, 0.05) is 11.8 Å². The Morgan fingerprint density at radius 2 is 2.06 bits per heavy atom. The molecule has 1 aliphatic rings. The van der Waals surface area contributed by atoms with Crippen LogP contribution < -0.4 is 11.1 Å². The van der Waals surface area contributed by atoms with Crippen LogP contribution in [0.1, 0.15) is 32.6 Å². The molecule has 0 aliphatic heterocycles. The van der Waals surface area contributed by atoms with Gasteiger partial charge >= 0.3 is 0 Å². The largest absolute Gasteiger partial charge is 0.397 e. The molecular weight excluding hydrogens is 248 g/mol. The van der Waals surface area contributed by atoms with Crippen LogP contribution in [0, 0.1) is 0 Å². The van der Waals surface area contributed by atoms with Gasteiger partial charge in [-0.3, -0.25) is 0 Å². The quantitative estimate of drug-likeness (QED) is 0.823. The van der Waals surface area contributed by atoms with Gasteiger partial charge in [-0.05, 0) is 43.9 Å². The first-order valence-electron chi connectivity index (χ1n) is 6.24. The van der Waals surface area contributed by atoms with Crippen LogP contribution >= 0.6 is 0 Å². The van der Waals surface area contributed by atoms with E-state index in [0.717, 1.165) is 24.9 Å². The highest BCUT2D eigenvalue weighted by molar-refractivity contribution is 7.90. The van der Waals surface area contributed by atoms with E-state index in [0.29, 0.717) is 5.69 Å². The molecule has 0 radical (unpaired) electrons. The Morgan fingerprint density at radius 3 is 2.44 bits per heavy atom. The standard InChI is InChI=1S/C13H20N2O2S/c1-3-13(7-4-8-13)15-12-6-5-10(9-11(12)14)18(2,16)17/h5-6,9,15H,3-4,7-8,14H2,1-2H3. The van der Waals surface area contributed by atoms with Gasteiger partial charge in [-0.1, -0.05) is 6.92 Å². The molecule has 0 bridgehead atoms. The molecule has 3 N–H and O–H groups in total. The van der Waals surface area contributed by atoms with Gasteiger partial charge in [0.05, 0.1) is 16.3 Å². The topological polar surface area (TPSA) is 72.2 Å². The number of hydrogen-bond donors (Lipinski definition) is 2. The molecule has 1 saturated carbocycles. The van der Waals surface area contributed by atoms with Crippen molar-refractivity contribution in [3.05, 3.63) is 18.2 Å². The van der Waals surface area contributed by atoms with Crippen LogP contribution in [0.25, 0.3) is 0 Å². The fourth-order valence-corrected chi connectivity index (χ4v) is 3.00. The van der Waals surface area contributed by atoms with Gasteiger partial charge in [0.25, 0.3) is 0 Å². The molecule has 0 heterocycles. The van der Waals surface area contributed by atoms with E-state index in [1.807, 2.05) is 0 Å². The van der Waals surface area contributed by atoms with Gasteiger partial charge in [-0.2, -0.15) is 0 Å². The molecule has 0 unspecified atom stereocenters. The van der Waals surface area contributed by atoms with Crippen LogP contribution in [0.3, 0.4) is 0 Å². The second-order valence-corrected chi connectivity index (χ2v) is 7.15. The first-order valence-corrected chi connectivity index (χ1v) is 8.13. The third kappa shape index (κ3) is 2.46. The number of nitrogen functional groups attached to an aromatic ring is 1. The van der Waals surface area contributed by atoms with Gasteiger partial charge in [-0.15, -0.1) is 0 Å². The first-order chi connectivity index (χ1) is 8.36. The van der Waals surface area contributed by atoms with Gasteiger partial charge in [-0.25, -0.2) is 8.42 Å². The summed E-state index contributed by atoms with van der Waals surface area (Å²) in [5.74, 6) is 0. The zero-order valence-electron chi connectivity index (χ0n) is 10.9. The first kappa shape index (κ1) is 13.2. The number of hydrogen-bond acceptors (Lipinski definition) is 4. The predicted molar refractivity (Wildman–Crippen MR) is 74.5 cm³/mol. The van der Waals surface area contributed by atoms with Crippen molar-refractivity contribution in [2.45, 2.75) is 43.0 Å². The Labute approximate surface area is 108 Å². The fourth-order valence-electron chi connectivity index (χ4n) is 2.34. The molecule has 0 spiro atoms. The van der Waals surface area contributed by atoms with Crippen molar-refractivity contribution < 1.29 is 8.42 Å². The third-order valence-corrected chi connectivity index (χ3v) is 4.95. The van der Waals surface area contributed by atoms with E-state index in [4.69, 9.17) is 5.73 Å². The molecule has 4 nitrogen and oxygen atoms in total. The molecule has 2 rings (SSSR count). The zero-order valence-corrected chi connectivity index (χ0v) is 11.7. The minimum atomic E-state index is -3.19. The number of sulfone groups is 1. The minimum Gasteiger partial charge on any atom is -0.397 e. The summed E-state index contributed by atoms with van der Waals surface area (Å²) in [5, 5.41) is 3.47. The van der Waals surface area contributed by atoms with Crippen molar-refractivity contribution in [1.29, 1.82) is 0 Å². The van der Waals surface area contributed by atoms with Crippen molar-refractivity contribution in [1.82, 2.24) is 0 Å². The molecule has 1 aromatic rings. The summed E-state index contributed by atoms with van der Waals surface area (Å²) in [6.07, 6.45) is 5.78. The summed E-state index contributed by atoms with van der Waals surface area (Å²) in [7, 11) is -3.19. The van der Waals surface area contributed by atoms with E-state index in [2.05, 4.69) is 12.2 Å². The molecule has 1 aromatic carbocycles. The van der Waals surface area contributed by atoms with Crippen molar-refractivity contribution in [3.63, 3.8) is 0 Å². The summed E-state index contributed by atoms with van der Waals surface area (Å²) >= 11 is 0. The lowest BCUT2D eigenvalue weighted by Crippen LogP contribution is -2.44. The van der Waals surface area contributed by atoms with Crippen molar-refractivity contribution in [2.75, 3.05) is 17.3 Å². The molecule has 0 aromatic heterocycles. The second-order valence-electron chi connectivity index (χ2n) is 5.13. The lowest BCUT2D eigenvalue weighted by atomic mass is 9.74. The SMILES string of the molecule is CCC1(Nc2ccc(S(C)(=O)=O)cc2N)CCC1. The van der Waals surface area contributed by atoms with Crippen LogP contribution in [-0.2, 0) is 9.84 Å². The average molecular weight is 268 g/mol. The summed E-state index contributed by atoms with van der Waals surface area (Å²) < 4.78 is 22.9. The van der Waals surface area contributed by atoms with E-state index in [-0.39, 0.29) is 10.4 Å². The monoisotopic (exact) mass is 268 g/mol. The zero-order chi connectivity index (χ0) is 13.4. The normalized spacial score (nSPS) is 18.1. The smallest absolute Gasteiger partial charge is 0.175 e. The van der Waals surface area contributed by atoms with Crippen LogP contribution in [0.2, 0.25) is 0 Å². The van der Waals surface area contributed by atoms with Crippen molar-refractivity contribution in [3.8, 4) is 0 Å². The number of rotatable bonds is 4. The van der Waals surface area contributed by atoms with Crippen LogP contribution in [0.5, 0.6) is 0 Å². The van der Waals surface area contributed by atoms with Crippen LogP contribution in [0.15, 0.2) is 23.1 Å². The number of nitrogens with one attached hydrogen (secondary N) is 1. The maximum absolute atomic E-state index is 11.4. The average Bonchev–Trinajstić information content (AvgIpc) is 2.24. The van der Waals surface area contributed by atoms with E-state index >= 15 is 0 Å². The highest BCUT2D eigenvalue weighted by Crippen LogP contribution is 2.39. The molecule has 1 aliphatic carbocycles. The van der Waals surface area contributed by atoms with E-state index in [9.17, 15) is 8.42 Å². The molecule has 0 atom stereocenters. The van der Waals surface area contributed by atoms with Crippen molar-refractivity contribution in [2.24, 2.45) is 0 Å². The van der Waals surface area contributed by atoms with Gasteiger partial charge in [0.1, 0.15) is 0 Å². The molecule has 5 heteroatoms. The van der Waals surface area contributed by atoms with Crippen molar-refractivity contribution >= 4 is 21.2 Å². The molecule has 1 fully saturated rings. The van der Waals surface area contributed by atoms with E-state index in [1.165, 1.54) is 18.7 Å². The highest BCUT2D eigenvalue weighted by atomic mass is 32.2. The lowest BCUT2D eigenvalue weighted by molar-refractivity contribution is 0.269. The van der Waals surface area contributed by atoms with Gasteiger partial charge in [0.2, 0.25) is 0 Å². The maximum atomic E-state index is 11.4.